The molecule has 2 aliphatic carbocycles. The molecule has 4 rings (SSSR count). The second kappa shape index (κ2) is 3.36. The molecule has 0 bridgehead atoms. The Morgan fingerprint density at radius 1 is 0.941 bits per heavy atom. The van der Waals surface area contributed by atoms with Crippen molar-refractivity contribution < 1.29 is 0 Å². The van der Waals surface area contributed by atoms with Crippen molar-refractivity contribution in [2.75, 3.05) is 0 Å². The molecule has 84 valence electrons. The van der Waals surface area contributed by atoms with E-state index in [2.05, 4.69) is 36.4 Å². The maximum atomic E-state index is 6.40. The van der Waals surface area contributed by atoms with Crippen molar-refractivity contribution in [3.63, 3.8) is 0 Å². The zero-order chi connectivity index (χ0) is 11.4. The molecule has 0 heterocycles. The zero-order valence-electron chi connectivity index (χ0n) is 9.49. The van der Waals surface area contributed by atoms with Crippen LogP contribution < -0.4 is 0 Å². The van der Waals surface area contributed by atoms with E-state index in [1.54, 1.807) is 0 Å². The molecule has 0 amide bonds. The minimum absolute atomic E-state index is 0.700. The van der Waals surface area contributed by atoms with Crippen LogP contribution in [0.5, 0.6) is 0 Å². The molecule has 2 aliphatic rings. The normalized spacial score (nSPS) is 24.3. The van der Waals surface area contributed by atoms with Gasteiger partial charge in [-0.2, -0.15) is 0 Å². The lowest BCUT2D eigenvalue weighted by atomic mass is 9.95. The Hall–Kier alpha value is -1.27. The van der Waals surface area contributed by atoms with Crippen LogP contribution in [0.15, 0.2) is 42.5 Å². The standard InChI is InChI=1S/C16H13Cl/c17-15-7-3-6-13-12-5-2-1-4-10(12)8-11-9-14(11)16(13)15/h1-7,11,14H,8-9H2. The molecule has 0 aromatic heterocycles. The minimum Gasteiger partial charge on any atom is -0.0840 e. The number of hydrogen-bond donors (Lipinski definition) is 0. The van der Waals surface area contributed by atoms with Gasteiger partial charge < -0.3 is 0 Å². The molecule has 2 aromatic rings. The molecule has 1 fully saturated rings. The fourth-order valence-corrected chi connectivity index (χ4v) is 3.53. The molecule has 17 heavy (non-hydrogen) atoms. The molecule has 0 N–H and O–H groups in total. The summed E-state index contributed by atoms with van der Waals surface area (Å²) >= 11 is 6.40. The largest absolute Gasteiger partial charge is 0.0840 e. The van der Waals surface area contributed by atoms with Crippen LogP contribution in [-0.2, 0) is 6.42 Å². The quantitative estimate of drug-likeness (QED) is 0.628. The van der Waals surface area contributed by atoms with E-state index >= 15 is 0 Å². The Kier molecular flexibility index (Phi) is 1.93. The predicted octanol–water partition coefficient (Wildman–Crippen LogP) is 4.67. The van der Waals surface area contributed by atoms with E-state index in [0.29, 0.717) is 5.92 Å². The topological polar surface area (TPSA) is 0 Å². The predicted molar refractivity (Wildman–Crippen MR) is 71.4 cm³/mol. The van der Waals surface area contributed by atoms with Crippen LogP contribution in [0.2, 0.25) is 5.02 Å². The summed E-state index contributed by atoms with van der Waals surface area (Å²) in [5.41, 5.74) is 5.63. The molecule has 0 saturated heterocycles. The van der Waals surface area contributed by atoms with Gasteiger partial charge >= 0.3 is 0 Å². The Morgan fingerprint density at radius 3 is 2.71 bits per heavy atom. The summed E-state index contributed by atoms with van der Waals surface area (Å²) < 4.78 is 0. The second-order valence-corrected chi connectivity index (χ2v) is 5.57. The monoisotopic (exact) mass is 240 g/mol. The Labute approximate surface area is 106 Å². The van der Waals surface area contributed by atoms with Crippen molar-refractivity contribution in [2.24, 2.45) is 5.92 Å². The first-order valence-electron chi connectivity index (χ1n) is 6.21. The lowest BCUT2D eigenvalue weighted by Gasteiger charge is -2.11. The van der Waals surface area contributed by atoms with E-state index < -0.39 is 0 Å². The van der Waals surface area contributed by atoms with Crippen LogP contribution in [0.25, 0.3) is 11.1 Å². The van der Waals surface area contributed by atoms with Crippen LogP contribution in [0.1, 0.15) is 23.5 Å². The fraction of sp³-hybridized carbons (Fsp3) is 0.250. The average Bonchev–Trinajstić information content (AvgIpc) is 3.08. The highest BCUT2D eigenvalue weighted by Crippen LogP contribution is 2.56. The van der Waals surface area contributed by atoms with Gasteiger partial charge in [-0.25, -0.2) is 0 Å². The van der Waals surface area contributed by atoms with Crippen LogP contribution in [0.4, 0.5) is 0 Å². The number of halogens is 1. The molecular formula is C16H13Cl. The minimum atomic E-state index is 0.700. The fourth-order valence-electron chi connectivity index (χ4n) is 3.22. The van der Waals surface area contributed by atoms with Gasteiger partial charge in [-0.3, -0.25) is 0 Å². The van der Waals surface area contributed by atoms with Crippen LogP contribution in [0.3, 0.4) is 0 Å². The molecule has 2 aromatic carbocycles. The third-order valence-electron chi connectivity index (χ3n) is 4.14. The van der Waals surface area contributed by atoms with Gasteiger partial charge in [0.2, 0.25) is 0 Å². The molecule has 1 saturated carbocycles. The summed E-state index contributed by atoms with van der Waals surface area (Å²) in [7, 11) is 0. The van der Waals surface area contributed by atoms with E-state index in [1.165, 1.54) is 35.1 Å². The first-order valence-corrected chi connectivity index (χ1v) is 6.59. The van der Waals surface area contributed by atoms with Crippen molar-refractivity contribution in [3.05, 3.63) is 58.6 Å². The summed E-state index contributed by atoms with van der Waals surface area (Å²) in [5.74, 6) is 1.52. The van der Waals surface area contributed by atoms with Crippen LogP contribution >= 0.6 is 11.6 Å². The lowest BCUT2D eigenvalue weighted by molar-refractivity contribution is 0.805. The Morgan fingerprint density at radius 2 is 1.76 bits per heavy atom. The summed E-state index contributed by atoms with van der Waals surface area (Å²) in [5, 5.41) is 0.951. The van der Waals surface area contributed by atoms with Crippen LogP contribution in [-0.4, -0.2) is 0 Å². The van der Waals surface area contributed by atoms with Gasteiger partial charge in [0.25, 0.3) is 0 Å². The van der Waals surface area contributed by atoms with E-state index in [4.69, 9.17) is 11.6 Å². The van der Waals surface area contributed by atoms with Gasteiger partial charge in [-0.05, 0) is 53.0 Å². The van der Waals surface area contributed by atoms with Crippen molar-refractivity contribution in [3.8, 4) is 11.1 Å². The summed E-state index contributed by atoms with van der Waals surface area (Å²) in [6.07, 6.45) is 2.52. The van der Waals surface area contributed by atoms with Crippen LogP contribution in [0, 0.1) is 5.92 Å². The number of hydrogen-bond acceptors (Lipinski definition) is 0. The second-order valence-electron chi connectivity index (χ2n) is 5.16. The van der Waals surface area contributed by atoms with E-state index in [9.17, 15) is 0 Å². The average molecular weight is 241 g/mol. The molecule has 0 nitrogen and oxygen atoms in total. The van der Waals surface area contributed by atoms with Gasteiger partial charge in [0, 0.05) is 5.02 Å². The highest BCUT2D eigenvalue weighted by molar-refractivity contribution is 6.32. The molecule has 0 radical (unpaired) electrons. The third-order valence-corrected chi connectivity index (χ3v) is 4.47. The Balaban J connectivity index is 2.06. The first-order chi connectivity index (χ1) is 8.34. The molecule has 0 spiro atoms. The molecule has 2 atom stereocenters. The van der Waals surface area contributed by atoms with E-state index in [1.807, 2.05) is 6.07 Å². The molecule has 0 aliphatic heterocycles. The highest BCUT2D eigenvalue weighted by Gasteiger charge is 2.42. The highest BCUT2D eigenvalue weighted by atomic mass is 35.5. The van der Waals surface area contributed by atoms with Crippen molar-refractivity contribution in [1.82, 2.24) is 0 Å². The summed E-state index contributed by atoms with van der Waals surface area (Å²) in [6, 6.07) is 15.1. The number of rotatable bonds is 0. The van der Waals surface area contributed by atoms with Gasteiger partial charge in [-0.15, -0.1) is 0 Å². The lowest BCUT2D eigenvalue weighted by Crippen LogP contribution is -1.90. The zero-order valence-corrected chi connectivity index (χ0v) is 10.2. The van der Waals surface area contributed by atoms with Gasteiger partial charge in [0.1, 0.15) is 0 Å². The molecule has 1 heteroatoms. The smallest absolute Gasteiger partial charge is 0.0447 e. The summed E-state index contributed by atoms with van der Waals surface area (Å²) in [4.78, 5) is 0. The van der Waals surface area contributed by atoms with Crippen molar-refractivity contribution >= 4 is 11.6 Å². The third kappa shape index (κ3) is 1.37. The first kappa shape index (κ1) is 9.73. The van der Waals surface area contributed by atoms with Gasteiger partial charge in [0.15, 0.2) is 0 Å². The van der Waals surface area contributed by atoms with Crippen molar-refractivity contribution in [1.29, 1.82) is 0 Å². The van der Waals surface area contributed by atoms with Gasteiger partial charge in [-0.1, -0.05) is 48.0 Å². The number of fused-ring (bicyclic) bond motifs is 5. The van der Waals surface area contributed by atoms with E-state index in [0.717, 1.165) is 10.9 Å². The number of benzene rings is 2. The van der Waals surface area contributed by atoms with E-state index in [-0.39, 0.29) is 0 Å². The maximum Gasteiger partial charge on any atom is 0.0447 e. The van der Waals surface area contributed by atoms with Crippen molar-refractivity contribution in [2.45, 2.75) is 18.8 Å². The molecule has 2 unspecified atom stereocenters. The Bertz CT molecular complexity index is 600. The maximum absolute atomic E-state index is 6.40. The summed E-state index contributed by atoms with van der Waals surface area (Å²) in [6.45, 7) is 0. The van der Waals surface area contributed by atoms with Gasteiger partial charge in [0.05, 0.1) is 0 Å². The SMILES string of the molecule is Clc1cccc2c1C1CC1Cc1ccccc1-2. The molecular weight excluding hydrogens is 228 g/mol.